The van der Waals surface area contributed by atoms with E-state index in [1.54, 1.807) is 18.2 Å². The summed E-state index contributed by atoms with van der Waals surface area (Å²) >= 11 is 2.55. The standard InChI is InChI=1S/C12H14BrF3O/c1-8(2)9-4-3-5-10(6-9)17-7-11(13)12(14,15)16/h3-6,8,11H,7H2,1-2H3. The van der Waals surface area contributed by atoms with Gasteiger partial charge < -0.3 is 4.74 Å². The van der Waals surface area contributed by atoms with E-state index in [0.717, 1.165) is 5.56 Å². The topological polar surface area (TPSA) is 9.23 Å². The summed E-state index contributed by atoms with van der Waals surface area (Å²) in [5, 5.41) is 0. The second-order valence-electron chi connectivity index (χ2n) is 4.05. The van der Waals surface area contributed by atoms with Gasteiger partial charge in [0.05, 0.1) is 0 Å². The first-order valence-corrected chi connectivity index (χ1v) is 6.16. The van der Waals surface area contributed by atoms with Crippen LogP contribution in [-0.4, -0.2) is 17.6 Å². The number of benzene rings is 1. The monoisotopic (exact) mass is 310 g/mol. The summed E-state index contributed by atoms with van der Waals surface area (Å²) in [7, 11) is 0. The van der Waals surface area contributed by atoms with Gasteiger partial charge in [0.1, 0.15) is 17.2 Å². The average Bonchev–Trinajstić information content (AvgIpc) is 2.25. The van der Waals surface area contributed by atoms with Gasteiger partial charge in [-0.25, -0.2) is 0 Å². The summed E-state index contributed by atoms with van der Waals surface area (Å²) in [6.07, 6.45) is -4.28. The van der Waals surface area contributed by atoms with Crippen molar-refractivity contribution in [2.75, 3.05) is 6.61 Å². The van der Waals surface area contributed by atoms with E-state index in [0.29, 0.717) is 11.7 Å². The van der Waals surface area contributed by atoms with E-state index >= 15 is 0 Å². The molecule has 1 rings (SSSR count). The lowest BCUT2D eigenvalue weighted by molar-refractivity contribution is -0.132. The third-order valence-electron chi connectivity index (χ3n) is 2.28. The summed E-state index contributed by atoms with van der Waals surface area (Å²) in [5.41, 5.74) is 1.04. The molecule has 0 heterocycles. The van der Waals surface area contributed by atoms with Gasteiger partial charge >= 0.3 is 6.18 Å². The highest BCUT2D eigenvalue weighted by atomic mass is 79.9. The number of alkyl halides is 4. The van der Waals surface area contributed by atoms with Crippen molar-refractivity contribution < 1.29 is 17.9 Å². The molecule has 1 aromatic rings. The molecular weight excluding hydrogens is 297 g/mol. The van der Waals surface area contributed by atoms with Crippen molar-refractivity contribution >= 4 is 15.9 Å². The minimum atomic E-state index is -4.28. The van der Waals surface area contributed by atoms with Crippen LogP contribution in [0.4, 0.5) is 13.2 Å². The molecule has 0 aromatic heterocycles. The van der Waals surface area contributed by atoms with Crippen LogP contribution in [0, 0.1) is 0 Å². The summed E-state index contributed by atoms with van der Waals surface area (Å²) in [4.78, 5) is -1.64. The van der Waals surface area contributed by atoms with Crippen LogP contribution in [-0.2, 0) is 0 Å². The van der Waals surface area contributed by atoms with Crippen LogP contribution < -0.4 is 4.74 Å². The molecule has 0 aliphatic carbocycles. The minimum absolute atomic E-state index is 0.320. The van der Waals surface area contributed by atoms with Crippen LogP contribution >= 0.6 is 15.9 Å². The van der Waals surface area contributed by atoms with Crippen molar-refractivity contribution in [1.29, 1.82) is 0 Å². The maximum absolute atomic E-state index is 12.2. The molecule has 0 saturated heterocycles. The summed E-state index contributed by atoms with van der Waals surface area (Å²) in [5.74, 6) is 0.783. The summed E-state index contributed by atoms with van der Waals surface area (Å²) in [6, 6.07) is 7.12. The first-order chi connectivity index (χ1) is 7.80. The smallest absolute Gasteiger partial charge is 0.404 e. The summed E-state index contributed by atoms with van der Waals surface area (Å²) in [6.45, 7) is 3.61. The molecule has 17 heavy (non-hydrogen) atoms. The highest BCUT2D eigenvalue weighted by Gasteiger charge is 2.38. The third-order valence-corrected chi connectivity index (χ3v) is 3.06. The van der Waals surface area contributed by atoms with Gasteiger partial charge in [0.15, 0.2) is 0 Å². The molecule has 96 valence electrons. The molecule has 0 spiro atoms. The van der Waals surface area contributed by atoms with Crippen molar-refractivity contribution in [1.82, 2.24) is 0 Å². The summed E-state index contributed by atoms with van der Waals surface area (Å²) < 4.78 is 41.8. The lowest BCUT2D eigenvalue weighted by Gasteiger charge is -2.15. The van der Waals surface area contributed by atoms with E-state index in [1.165, 1.54) is 0 Å². The van der Waals surface area contributed by atoms with Gasteiger partial charge in [0.2, 0.25) is 0 Å². The SMILES string of the molecule is CC(C)c1cccc(OCC(Br)C(F)(F)F)c1. The first-order valence-electron chi connectivity index (χ1n) is 5.24. The Morgan fingerprint density at radius 3 is 2.47 bits per heavy atom. The highest BCUT2D eigenvalue weighted by molar-refractivity contribution is 9.09. The molecule has 1 nitrogen and oxygen atoms in total. The highest BCUT2D eigenvalue weighted by Crippen LogP contribution is 2.27. The van der Waals surface area contributed by atoms with Crippen molar-refractivity contribution in [2.45, 2.75) is 30.8 Å². The number of hydrogen-bond donors (Lipinski definition) is 0. The second kappa shape index (κ2) is 5.76. The van der Waals surface area contributed by atoms with Gasteiger partial charge in [0.25, 0.3) is 0 Å². The predicted octanol–water partition coefficient (Wildman–Crippen LogP) is 4.51. The molecule has 0 radical (unpaired) electrons. The Bertz CT molecular complexity index is 363. The predicted molar refractivity (Wildman–Crippen MR) is 64.8 cm³/mol. The minimum Gasteiger partial charge on any atom is -0.492 e. The Kier molecular flexibility index (Phi) is 4.86. The molecule has 5 heteroatoms. The van der Waals surface area contributed by atoms with Crippen LogP contribution in [0.15, 0.2) is 24.3 Å². The Balaban J connectivity index is 2.61. The fourth-order valence-corrected chi connectivity index (χ4v) is 1.36. The third kappa shape index (κ3) is 4.58. The molecule has 0 amide bonds. The maximum Gasteiger partial charge on any atom is 0.404 e. The van der Waals surface area contributed by atoms with Crippen LogP contribution in [0.3, 0.4) is 0 Å². The van der Waals surface area contributed by atoms with Gasteiger partial charge in [-0.1, -0.05) is 41.9 Å². The van der Waals surface area contributed by atoms with E-state index in [2.05, 4.69) is 15.9 Å². The van der Waals surface area contributed by atoms with E-state index < -0.39 is 17.6 Å². The van der Waals surface area contributed by atoms with Gasteiger partial charge in [-0.05, 0) is 23.6 Å². The molecule has 1 atom stereocenters. The van der Waals surface area contributed by atoms with Crippen LogP contribution in [0.5, 0.6) is 5.75 Å². The van der Waals surface area contributed by atoms with E-state index in [-0.39, 0.29) is 0 Å². The molecule has 0 bridgehead atoms. The fraction of sp³-hybridized carbons (Fsp3) is 0.500. The lowest BCUT2D eigenvalue weighted by Crippen LogP contribution is -2.28. The van der Waals surface area contributed by atoms with E-state index in [4.69, 9.17) is 4.74 Å². The Morgan fingerprint density at radius 2 is 1.94 bits per heavy atom. The molecule has 1 aromatic carbocycles. The number of hydrogen-bond acceptors (Lipinski definition) is 1. The fourth-order valence-electron chi connectivity index (χ4n) is 1.23. The number of halogens is 4. The van der Waals surface area contributed by atoms with E-state index in [9.17, 15) is 13.2 Å². The van der Waals surface area contributed by atoms with Gasteiger partial charge in [-0.2, -0.15) is 13.2 Å². The quantitative estimate of drug-likeness (QED) is 0.743. The van der Waals surface area contributed by atoms with Crippen molar-refractivity contribution in [3.8, 4) is 5.75 Å². The van der Waals surface area contributed by atoms with Crippen molar-refractivity contribution in [3.63, 3.8) is 0 Å². The van der Waals surface area contributed by atoms with Crippen LogP contribution in [0.25, 0.3) is 0 Å². The van der Waals surface area contributed by atoms with Gasteiger partial charge in [0, 0.05) is 0 Å². The van der Waals surface area contributed by atoms with Crippen LogP contribution in [0.1, 0.15) is 25.3 Å². The average molecular weight is 311 g/mol. The molecule has 0 N–H and O–H groups in total. The normalized spacial score (nSPS) is 13.8. The Labute approximate surface area is 107 Å². The molecule has 0 fully saturated rings. The van der Waals surface area contributed by atoms with E-state index in [1.807, 2.05) is 19.9 Å². The van der Waals surface area contributed by atoms with Crippen LogP contribution in [0.2, 0.25) is 0 Å². The molecule has 1 unspecified atom stereocenters. The van der Waals surface area contributed by atoms with Crippen molar-refractivity contribution in [3.05, 3.63) is 29.8 Å². The number of rotatable bonds is 4. The number of ether oxygens (including phenoxy) is 1. The molecular formula is C12H14BrF3O. The maximum atomic E-state index is 12.2. The Morgan fingerprint density at radius 1 is 1.29 bits per heavy atom. The zero-order valence-corrected chi connectivity index (χ0v) is 11.2. The largest absolute Gasteiger partial charge is 0.492 e. The lowest BCUT2D eigenvalue weighted by atomic mass is 10.0. The Hall–Kier alpha value is -0.710. The zero-order chi connectivity index (χ0) is 13.1. The van der Waals surface area contributed by atoms with Gasteiger partial charge in [-0.15, -0.1) is 0 Å². The molecule has 0 aliphatic rings. The van der Waals surface area contributed by atoms with Gasteiger partial charge in [-0.3, -0.25) is 0 Å². The molecule has 0 aliphatic heterocycles. The second-order valence-corrected chi connectivity index (χ2v) is 5.15. The van der Waals surface area contributed by atoms with Crippen molar-refractivity contribution in [2.24, 2.45) is 0 Å². The first kappa shape index (κ1) is 14.4. The zero-order valence-electron chi connectivity index (χ0n) is 9.59. The molecule has 0 saturated carbocycles.